The van der Waals surface area contributed by atoms with E-state index < -0.39 is 9.84 Å². The highest BCUT2D eigenvalue weighted by Gasteiger charge is 2.39. The quantitative estimate of drug-likeness (QED) is 0.858. The van der Waals surface area contributed by atoms with Crippen LogP contribution in [0.25, 0.3) is 0 Å². The first-order valence-corrected chi connectivity index (χ1v) is 9.96. The van der Waals surface area contributed by atoms with Gasteiger partial charge in [0, 0.05) is 17.5 Å². The molecule has 0 spiro atoms. The predicted molar refractivity (Wildman–Crippen MR) is 81.8 cm³/mol. The molecule has 20 heavy (non-hydrogen) atoms. The molecular weight excluding hydrogens is 292 g/mol. The summed E-state index contributed by atoms with van der Waals surface area (Å²) in [4.78, 5) is 8.19. The van der Waals surface area contributed by atoms with Crippen molar-refractivity contribution in [3.63, 3.8) is 0 Å². The lowest BCUT2D eigenvalue weighted by atomic mass is 10.1. The normalized spacial score (nSPS) is 27.4. The van der Waals surface area contributed by atoms with Crippen molar-refractivity contribution in [1.29, 1.82) is 0 Å². The van der Waals surface area contributed by atoms with Crippen LogP contribution in [0.15, 0.2) is 0 Å². The van der Waals surface area contributed by atoms with Gasteiger partial charge >= 0.3 is 0 Å². The molecule has 3 rings (SSSR count). The number of nitrogens with zero attached hydrogens (tertiary/aromatic N) is 2. The van der Waals surface area contributed by atoms with Crippen LogP contribution in [0.5, 0.6) is 0 Å². The van der Waals surface area contributed by atoms with E-state index >= 15 is 0 Å². The lowest BCUT2D eigenvalue weighted by molar-refractivity contribution is 0.189. The maximum atomic E-state index is 12.0. The van der Waals surface area contributed by atoms with Crippen molar-refractivity contribution in [2.75, 3.05) is 18.1 Å². The Labute approximate surface area is 125 Å². The van der Waals surface area contributed by atoms with Gasteiger partial charge in [-0.3, -0.25) is 4.90 Å². The highest BCUT2D eigenvalue weighted by molar-refractivity contribution is 7.91. The van der Waals surface area contributed by atoms with Crippen LogP contribution in [0.2, 0.25) is 0 Å². The fourth-order valence-corrected chi connectivity index (χ4v) is 5.82. The smallest absolute Gasteiger partial charge is 0.151 e. The molecule has 6 heteroatoms. The lowest BCUT2D eigenvalue weighted by Gasteiger charge is -2.29. The Balaban J connectivity index is 1.80. The molecule has 1 aromatic rings. The van der Waals surface area contributed by atoms with Gasteiger partial charge in [-0.1, -0.05) is 0 Å². The number of sulfone groups is 1. The molecule has 2 aliphatic rings. The molecule has 1 atom stereocenters. The third-order valence-electron chi connectivity index (χ3n) is 4.31. The molecular formula is C14H22N2O2S2. The van der Waals surface area contributed by atoms with Crippen molar-refractivity contribution in [2.45, 2.75) is 45.7 Å². The predicted octanol–water partition coefficient (Wildman–Crippen LogP) is 2.16. The largest absolute Gasteiger partial charge is 0.294 e. The van der Waals surface area contributed by atoms with Crippen molar-refractivity contribution in [3.8, 4) is 0 Å². The first kappa shape index (κ1) is 14.5. The maximum absolute atomic E-state index is 12.0. The summed E-state index contributed by atoms with van der Waals surface area (Å²) in [7, 11) is -2.86. The molecule has 112 valence electrons. The SMILES string of the molecule is Cc1nc(C)c(CN2CCCS(=O)(=O)CC2C2CC2)s1. The van der Waals surface area contributed by atoms with Crippen LogP contribution in [0.3, 0.4) is 0 Å². The zero-order chi connectivity index (χ0) is 14.3. The first-order valence-electron chi connectivity index (χ1n) is 7.32. The minimum Gasteiger partial charge on any atom is -0.294 e. The van der Waals surface area contributed by atoms with E-state index in [1.165, 1.54) is 17.7 Å². The molecule has 1 saturated carbocycles. The standard InChI is InChI=1S/C14H22N2O2S2/c1-10-14(19-11(2)15-10)8-16-6-3-7-20(17,18)9-13(16)12-4-5-12/h12-13H,3-9H2,1-2H3. The zero-order valence-electron chi connectivity index (χ0n) is 12.1. The third-order valence-corrected chi connectivity index (χ3v) is 7.12. The Morgan fingerprint density at radius 2 is 2.10 bits per heavy atom. The molecule has 0 aromatic carbocycles. The van der Waals surface area contributed by atoms with Gasteiger partial charge in [0.25, 0.3) is 0 Å². The number of aromatic nitrogens is 1. The van der Waals surface area contributed by atoms with Crippen molar-refractivity contribution in [3.05, 3.63) is 15.6 Å². The summed E-state index contributed by atoms with van der Waals surface area (Å²) >= 11 is 1.75. The van der Waals surface area contributed by atoms with Gasteiger partial charge in [-0.15, -0.1) is 11.3 Å². The molecule has 1 aromatic heterocycles. The molecule has 0 bridgehead atoms. The Morgan fingerprint density at radius 3 is 2.70 bits per heavy atom. The number of aryl methyl sites for hydroxylation is 2. The molecule has 0 amide bonds. The van der Waals surface area contributed by atoms with Gasteiger partial charge in [0.15, 0.2) is 9.84 Å². The molecule has 2 heterocycles. The molecule has 1 aliphatic heterocycles. The fraction of sp³-hybridized carbons (Fsp3) is 0.786. The molecule has 1 saturated heterocycles. The van der Waals surface area contributed by atoms with Gasteiger partial charge in [-0.2, -0.15) is 0 Å². The summed E-state index contributed by atoms with van der Waals surface area (Å²) in [5.41, 5.74) is 1.11. The monoisotopic (exact) mass is 314 g/mol. The van der Waals surface area contributed by atoms with E-state index in [9.17, 15) is 8.42 Å². The topological polar surface area (TPSA) is 50.3 Å². The van der Waals surface area contributed by atoms with Crippen LogP contribution < -0.4 is 0 Å². The summed E-state index contributed by atoms with van der Waals surface area (Å²) < 4.78 is 24.1. The number of hydrogen-bond acceptors (Lipinski definition) is 5. The van der Waals surface area contributed by atoms with Gasteiger partial charge in [0.2, 0.25) is 0 Å². The van der Waals surface area contributed by atoms with Crippen LogP contribution in [0.1, 0.15) is 34.8 Å². The minimum absolute atomic E-state index is 0.226. The van der Waals surface area contributed by atoms with E-state index in [-0.39, 0.29) is 6.04 Å². The van der Waals surface area contributed by atoms with Gasteiger partial charge < -0.3 is 0 Å². The van der Waals surface area contributed by atoms with Crippen molar-refractivity contribution < 1.29 is 8.42 Å². The molecule has 0 radical (unpaired) electrons. The second kappa shape index (κ2) is 5.39. The van der Waals surface area contributed by atoms with E-state index in [0.717, 1.165) is 30.2 Å². The molecule has 1 aliphatic carbocycles. The summed E-state index contributed by atoms with van der Waals surface area (Å²) in [6, 6.07) is 0.226. The average Bonchev–Trinajstić information content (AvgIpc) is 3.12. The van der Waals surface area contributed by atoms with Crippen LogP contribution in [0, 0.1) is 19.8 Å². The van der Waals surface area contributed by atoms with Gasteiger partial charge in [0.1, 0.15) is 0 Å². The first-order chi connectivity index (χ1) is 9.44. The summed E-state index contributed by atoms with van der Waals surface area (Å²) in [6.07, 6.45) is 3.15. The second-order valence-corrected chi connectivity index (χ2v) is 9.60. The minimum atomic E-state index is -2.86. The molecule has 4 nitrogen and oxygen atoms in total. The maximum Gasteiger partial charge on any atom is 0.151 e. The van der Waals surface area contributed by atoms with Gasteiger partial charge in [-0.05, 0) is 45.6 Å². The fourth-order valence-electron chi connectivity index (χ4n) is 3.12. The number of hydrogen-bond donors (Lipinski definition) is 0. The molecule has 1 unspecified atom stereocenters. The average molecular weight is 314 g/mol. The summed E-state index contributed by atoms with van der Waals surface area (Å²) in [6.45, 7) is 5.86. The van der Waals surface area contributed by atoms with Crippen LogP contribution in [0.4, 0.5) is 0 Å². The van der Waals surface area contributed by atoms with Crippen LogP contribution in [-0.4, -0.2) is 42.4 Å². The van der Waals surface area contributed by atoms with Crippen molar-refractivity contribution >= 4 is 21.2 Å². The number of thiazole rings is 1. The van der Waals surface area contributed by atoms with Crippen LogP contribution in [-0.2, 0) is 16.4 Å². The van der Waals surface area contributed by atoms with Crippen molar-refractivity contribution in [2.24, 2.45) is 5.92 Å². The lowest BCUT2D eigenvalue weighted by Crippen LogP contribution is -2.39. The summed E-state index contributed by atoms with van der Waals surface area (Å²) in [5.74, 6) is 1.30. The number of rotatable bonds is 3. The van der Waals surface area contributed by atoms with Gasteiger partial charge in [0.05, 0.1) is 22.2 Å². The zero-order valence-corrected chi connectivity index (χ0v) is 13.8. The van der Waals surface area contributed by atoms with E-state index in [1.807, 2.05) is 6.92 Å². The Bertz CT molecular complexity index is 590. The van der Waals surface area contributed by atoms with E-state index in [4.69, 9.17) is 0 Å². The highest BCUT2D eigenvalue weighted by atomic mass is 32.2. The summed E-state index contributed by atoms with van der Waals surface area (Å²) in [5, 5.41) is 1.10. The van der Waals surface area contributed by atoms with E-state index in [1.54, 1.807) is 11.3 Å². The van der Waals surface area contributed by atoms with Crippen molar-refractivity contribution in [1.82, 2.24) is 9.88 Å². The molecule has 2 fully saturated rings. The Morgan fingerprint density at radius 1 is 1.35 bits per heavy atom. The Kier molecular flexibility index (Phi) is 3.90. The third kappa shape index (κ3) is 3.23. The Hall–Kier alpha value is -0.460. The van der Waals surface area contributed by atoms with Gasteiger partial charge in [-0.25, -0.2) is 13.4 Å². The highest BCUT2D eigenvalue weighted by Crippen LogP contribution is 2.38. The second-order valence-electron chi connectivity index (χ2n) is 6.08. The molecule has 0 N–H and O–H groups in total. The van der Waals surface area contributed by atoms with E-state index in [2.05, 4.69) is 16.8 Å². The van der Waals surface area contributed by atoms with Crippen LogP contribution >= 0.6 is 11.3 Å². The van der Waals surface area contributed by atoms with E-state index in [0.29, 0.717) is 17.4 Å².